The van der Waals surface area contributed by atoms with E-state index in [4.69, 9.17) is 5.26 Å². The smallest absolute Gasteiger partial charge is 0.0781 e. The number of nitriles is 1. The lowest BCUT2D eigenvalue weighted by atomic mass is 10.1. The molecule has 2 aromatic heterocycles. The molecule has 0 saturated heterocycles. The lowest BCUT2D eigenvalue weighted by Crippen LogP contribution is -1.90. The average Bonchev–Trinajstić information content (AvgIpc) is 2.19. The Morgan fingerprint density at radius 1 is 1.23 bits per heavy atom. The van der Waals surface area contributed by atoms with Crippen LogP contribution >= 0.6 is 0 Å². The molecule has 0 aliphatic rings. The van der Waals surface area contributed by atoms with Gasteiger partial charge in [0.1, 0.15) is 0 Å². The molecule has 0 spiro atoms. The second kappa shape index (κ2) is 3.20. The molecule has 0 radical (unpaired) electrons. The van der Waals surface area contributed by atoms with Crippen molar-refractivity contribution in [3.63, 3.8) is 0 Å². The van der Waals surface area contributed by atoms with E-state index in [1.807, 2.05) is 18.2 Å². The first-order chi connectivity index (χ1) is 6.42. The molecule has 3 heteroatoms. The summed E-state index contributed by atoms with van der Waals surface area (Å²) >= 11 is 0. The Labute approximate surface area is 75.7 Å². The van der Waals surface area contributed by atoms with Crippen LogP contribution in [0, 0.1) is 11.3 Å². The van der Waals surface area contributed by atoms with Gasteiger partial charge in [-0.1, -0.05) is 0 Å². The molecule has 0 amide bonds. The summed E-state index contributed by atoms with van der Waals surface area (Å²) in [5.74, 6) is 0. The maximum absolute atomic E-state index is 8.57. The van der Waals surface area contributed by atoms with E-state index in [2.05, 4.69) is 16.0 Å². The molecule has 13 heavy (non-hydrogen) atoms. The van der Waals surface area contributed by atoms with E-state index in [-0.39, 0.29) is 0 Å². The molecule has 0 fully saturated rings. The molecule has 0 unspecified atom stereocenters. The summed E-state index contributed by atoms with van der Waals surface area (Å²) < 4.78 is 0. The highest BCUT2D eigenvalue weighted by Gasteiger charge is 2.00. The highest BCUT2D eigenvalue weighted by atomic mass is 14.7. The molecule has 0 saturated carbocycles. The largest absolute Gasteiger partial charge is 0.259 e. The van der Waals surface area contributed by atoms with Gasteiger partial charge in [-0.2, -0.15) is 5.26 Å². The highest BCUT2D eigenvalue weighted by Crippen LogP contribution is 2.13. The Balaban J connectivity index is 2.70. The molecule has 0 aliphatic heterocycles. The first-order valence-electron chi connectivity index (χ1n) is 3.97. The van der Waals surface area contributed by atoms with Gasteiger partial charge in [0.2, 0.25) is 0 Å². The van der Waals surface area contributed by atoms with Crippen LogP contribution in [0.5, 0.6) is 0 Å². The van der Waals surface area contributed by atoms with Gasteiger partial charge in [-0.05, 0) is 18.2 Å². The third-order valence-electron chi connectivity index (χ3n) is 1.86. The Hall–Kier alpha value is -1.95. The minimum atomic E-state index is 0.336. The molecule has 62 valence electrons. The van der Waals surface area contributed by atoms with Crippen LogP contribution in [-0.2, 0) is 6.42 Å². The third kappa shape index (κ3) is 1.34. The number of rotatable bonds is 1. The Kier molecular flexibility index (Phi) is 1.89. The highest BCUT2D eigenvalue weighted by molar-refractivity contribution is 5.80. The van der Waals surface area contributed by atoms with Gasteiger partial charge in [0, 0.05) is 17.8 Å². The van der Waals surface area contributed by atoms with Crippen molar-refractivity contribution in [3.05, 3.63) is 36.3 Å². The zero-order valence-electron chi connectivity index (χ0n) is 6.94. The summed E-state index contributed by atoms with van der Waals surface area (Å²) in [6, 6.07) is 7.71. The number of fused-ring (bicyclic) bond motifs is 1. The first kappa shape index (κ1) is 7.69. The van der Waals surface area contributed by atoms with Crippen LogP contribution in [0.15, 0.2) is 30.6 Å². The predicted molar refractivity (Wildman–Crippen MR) is 48.9 cm³/mol. The van der Waals surface area contributed by atoms with E-state index < -0.39 is 0 Å². The van der Waals surface area contributed by atoms with E-state index in [0.717, 1.165) is 16.6 Å². The Morgan fingerprint density at radius 3 is 3.00 bits per heavy atom. The van der Waals surface area contributed by atoms with Crippen molar-refractivity contribution in [1.82, 2.24) is 9.97 Å². The summed E-state index contributed by atoms with van der Waals surface area (Å²) in [6.07, 6.45) is 3.75. The number of pyridine rings is 2. The van der Waals surface area contributed by atoms with E-state index in [1.165, 1.54) is 0 Å². The summed E-state index contributed by atoms with van der Waals surface area (Å²) in [4.78, 5) is 8.31. The van der Waals surface area contributed by atoms with Crippen molar-refractivity contribution in [2.24, 2.45) is 0 Å². The zero-order valence-corrected chi connectivity index (χ0v) is 6.94. The van der Waals surface area contributed by atoms with Crippen molar-refractivity contribution < 1.29 is 0 Å². The van der Waals surface area contributed by atoms with Crippen molar-refractivity contribution in [1.29, 1.82) is 5.26 Å². The maximum Gasteiger partial charge on any atom is 0.0781 e. The van der Waals surface area contributed by atoms with Crippen molar-refractivity contribution in [3.8, 4) is 6.07 Å². The van der Waals surface area contributed by atoms with Gasteiger partial charge < -0.3 is 0 Å². The fourth-order valence-corrected chi connectivity index (χ4v) is 1.28. The first-order valence-corrected chi connectivity index (χ1v) is 3.97. The molecule has 3 nitrogen and oxygen atoms in total. The monoisotopic (exact) mass is 169 g/mol. The summed E-state index contributed by atoms with van der Waals surface area (Å²) in [7, 11) is 0. The van der Waals surface area contributed by atoms with Gasteiger partial charge in [-0.15, -0.1) is 0 Å². The van der Waals surface area contributed by atoms with Gasteiger partial charge in [-0.3, -0.25) is 9.97 Å². The third-order valence-corrected chi connectivity index (χ3v) is 1.86. The van der Waals surface area contributed by atoms with E-state index in [1.54, 1.807) is 12.4 Å². The van der Waals surface area contributed by atoms with Gasteiger partial charge in [0.15, 0.2) is 0 Å². The lowest BCUT2D eigenvalue weighted by Gasteiger charge is -1.99. The molecule has 2 aromatic rings. The fraction of sp³-hybridized carbons (Fsp3) is 0.100. The van der Waals surface area contributed by atoms with Gasteiger partial charge >= 0.3 is 0 Å². The Morgan fingerprint density at radius 2 is 2.15 bits per heavy atom. The van der Waals surface area contributed by atoms with Crippen LogP contribution in [0.4, 0.5) is 0 Å². The fourth-order valence-electron chi connectivity index (χ4n) is 1.28. The van der Waals surface area contributed by atoms with Crippen LogP contribution in [0.2, 0.25) is 0 Å². The van der Waals surface area contributed by atoms with Crippen LogP contribution in [0.3, 0.4) is 0 Å². The van der Waals surface area contributed by atoms with Gasteiger partial charge in [0.25, 0.3) is 0 Å². The normalized spacial score (nSPS) is 9.77. The van der Waals surface area contributed by atoms with Gasteiger partial charge in [-0.25, -0.2) is 0 Å². The quantitative estimate of drug-likeness (QED) is 0.652. The standard InChI is InChI=1S/C10H7N3/c11-5-3-9-8-2-1-6-12-10(8)4-7-13-9/h1-2,4,6-7H,3H2. The molecular weight excluding hydrogens is 162 g/mol. The number of aromatic nitrogens is 2. The molecule has 0 N–H and O–H groups in total. The molecule has 0 aliphatic carbocycles. The second-order valence-electron chi connectivity index (χ2n) is 2.66. The Bertz CT molecular complexity index is 466. The summed E-state index contributed by atoms with van der Waals surface area (Å²) in [5, 5.41) is 9.53. The molecule has 0 atom stereocenters. The number of hydrogen-bond donors (Lipinski definition) is 0. The molecule has 2 rings (SSSR count). The number of hydrogen-bond acceptors (Lipinski definition) is 3. The van der Waals surface area contributed by atoms with Crippen LogP contribution < -0.4 is 0 Å². The average molecular weight is 169 g/mol. The van der Waals surface area contributed by atoms with Gasteiger partial charge in [0.05, 0.1) is 23.7 Å². The van der Waals surface area contributed by atoms with Crippen LogP contribution in [-0.4, -0.2) is 9.97 Å². The minimum Gasteiger partial charge on any atom is -0.259 e. The zero-order chi connectivity index (χ0) is 9.10. The molecule has 0 bridgehead atoms. The van der Waals surface area contributed by atoms with E-state index in [0.29, 0.717) is 6.42 Å². The maximum atomic E-state index is 8.57. The van der Waals surface area contributed by atoms with Crippen molar-refractivity contribution >= 4 is 10.9 Å². The molecule has 0 aromatic carbocycles. The molecule has 2 heterocycles. The van der Waals surface area contributed by atoms with E-state index in [9.17, 15) is 0 Å². The predicted octanol–water partition coefficient (Wildman–Crippen LogP) is 1.70. The van der Waals surface area contributed by atoms with Crippen molar-refractivity contribution in [2.75, 3.05) is 0 Å². The SMILES string of the molecule is N#CCc1nccc2ncccc12. The second-order valence-corrected chi connectivity index (χ2v) is 2.66. The van der Waals surface area contributed by atoms with Crippen molar-refractivity contribution in [2.45, 2.75) is 6.42 Å². The lowest BCUT2D eigenvalue weighted by molar-refractivity contribution is 1.14. The van der Waals surface area contributed by atoms with E-state index >= 15 is 0 Å². The topological polar surface area (TPSA) is 49.6 Å². The molecular formula is C10H7N3. The summed E-state index contributed by atoms with van der Waals surface area (Å²) in [6.45, 7) is 0. The van der Waals surface area contributed by atoms with Crippen LogP contribution in [0.1, 0.15) is 5.69 Å². The van der Waals surface area contributed by atoms with Crippen LogP contribution in [0.25, 0.3) is 10.9 Å². The number of nitrogens with zero attached hydrogens (tertiary/aromatic N) is 3. The summed E-state index contributed by atoms with van der Waals surface area (Å²) in [5.41, 5.74) is 1.69. The minimum absolute atomic E-state index is 0.336.